The van der Waals surface area contributed by atoms with Crippen molar-refractivity contribution in [1.29, 1.82) is 0 Å². The first kappa shape index (κ1) is 16.0. The highest BCUT2D eigenvalue weighted by Crippen LogP contribution is 2.31. The van der Waals surface area contributed by atoms with E-state index >= 15 is 0 Å². The van der Waals surface area contributed by atoms with Gasteiger partial charge in [-0.1, -0.05) is 0 Å². The zero-order valence-electron chi connectivity index (χ0n) is 12.7. The Morgan fingerprint density at radius 2 is 2.05 bits per heavy atom. The average molecular weight is 310 g/mol. The van der Waals surface area contributed by atoms with E-state index in [1.807, 2.05) is 18.7 Å². The SMILES string of the molecule is Cc1sc(NC(=O)CN2CCCC(C(=O)O)C2)c(C)c1C. The van der Waals surface area contributed by atoms with Gasteiger partial charge in [0.25, 0.3) is 0 Å². The van der Waals surface area contributed by atoms with Crippen LogP contribution in [0.5, 0.6) is 0 Å². The largest absolute Gasteiger partial charge is 0.481 e. The average Bonchev–Trinajstić information content (AvgIpc) is 2.66. The first-order valence-electron chi connectivity index (χ1n) is 7.20. The number of aryl methyl sites for hydroxylation is 1. The Labute approximate surface area is 129 Å². The minimum Gasteiger partial charge on any atom is -0.481 e. The molecule has 2 N–H and O–H groups in total. The van der Waals surface area contributed by atoms with Gasteiger partial charge in [0.1, 0.15) is 0 Å². The molecular weight excluding hydrogens is 288 g/mol. The van der Waals surface area contributed by atoms with Crippen molar-refractivity contribution in [3.63, 3.8) is 0 Å². The van der Waals surface area contributed by atoms with Gasteiger partial charge in [-0.2, -0.15) is 0 Å². The van der Waals surface area contributed by atoms with Gasteiger partial charge >= 0.3 is 5.97 Å². The van der Waals surface area contributed by atoms with Crippen molar-refractivity contribution in [2.24, 2.45) is 5.92 Å². The summed E-state index contributed by atoms with van der Waals surface area (Å²) < 4.78 is 0. The smallest absolute Gasteiger partial charge is 0.307 e. The van der Waals surface area contributed by atoms with Crippen LogP contribution >= 0.6 is 11.3 Å². The lowest BCUT2D eigenvalue weighted by molar-refractivity contribution is -0.144. The van der Waals surface area contributed by atoms with Crippen molar-refractivity contribution in [1.82, 2.24) is 4.90 Å². The normalized spacial score (nSPS) is 19.5. The minimum absolute atomic E-state index is 0.0645. The predicted octanol–water partition coefficient (Wildman–Crippen LogP) is 2.41. The van der Waals surface area contributed by atoms with Gasteiger partial charge in [-0.05, 0) is 51.3 Å². The summed E-state index contributed by atoms with van der Waals surface area (Å²) >= 11 is 1.59. The Hall–Kier alpha value is -1.40. The number of nitrogens with one attached hydrogen (secondary N) is 1. The number of carboxylic acid groups (broad SMARTS) is 1. The lowest BCUT2D eigenvalue weighted by atomic mass is 9.98. The molecule has 116 valence electrons. The van der Waals surface area contributed by atoms with E-state index in [1.165, 1.54) is 10.4 Å². The zero-order valence-corrected chi connectivity index (χ0v) is 13.5. The summed E-state index contributed by atoms with van der Waals surface area (Å²) in [5, 5.41) is 12.9. The number of likely N-dealkylation sites (tertiary alicyclic amines) is 1. The number of carboxylic acids is 1. The van der Waals surface area contributed by atoms with Crippen LogP contribution in [0, 0.1) is 26.7 Å². The van der Waals surface area contributed by atoms with Gasteiger partial charge in [0.05, 0.1) is 17.5 Å². The molecule has 2 heterocycles. The van der Waals surface area contributed by atoms with Crippen LogP contribution in [0.4, 0.5) is 5.00 Å². The maximum atomic E-state index is 12.1. The lowest BCUT2D eigenvalue weighted by Crippen LogP contribution is -2.42. The number of hydrogen-bond donors (Lipinski definition) is 2. The molecule has 1 aliphatic rings. The van der Waals surface area contributed by atoms with Crippen molar-refractivity contribution in [2.75, 3.05) is 25.0 Å². The zero-order chi connectivity index (χ0) is 15.6. The van der Waals surface area contributed by atoms with Crippen LogP contribution < -0.4 is 5.32 Å². The summed E-state index contributed by atoms with van der Waals surface area (Å²) in [4.78, 5) is 26.3. The van der Waals surface area contributed by atoms with Gasteiger partial charge in [-0.3, -0.25) is 14.5 Å². The van der Waals surface area contributed by atoms with Crippen LogP contribution in [0.2, 0.25) is 0 Å². The molecule has 1 atom stereocenters. The summed E-state index contributed by atoms with van der Waals surface area (Å²) in [5.74, 6) is -1.18. The Kier molecular flexibility index (Phi) is 5.00. The molecule has 2 rings (SSSR count). The van der Waals surface area contributed by atoms with Crippen LogP contribution in [0.3, 0.4) is 0 Å². The van der Waals surface area contributed by atoms with E-state index in [9.17, 15) is 9.59 Å². The number of amides is 1. The number of carbonyl (C=O) groups excluding carboxylic acids is 1. The predicted molar refractivity (Wildman–Crippen MR) is 84.0 cm³/mol. The highest BCUT2D eigenvalue weighted by molar-refractivity contribution is 7.16. The molecule has 1 unspecified atom stereocenters. The Balaban J connectivity index is 1.92. The topological polar surface area (TPSA) is 69.6 Å². The maximum absolute atomic E-state index is 12.1. The van der Waals surface area contributed by atoms with E-state index < -0.39 is 5.97 Å². The lowest BCUT2D eigenvalue weighted by Gasteiger charge is -2.29. The molecule has 1 saturated heterocycles. The number of piperidine rings is 1. The summed E-state index contributed by atoms with van der Waals surface area (Å²) in [6.07, 6.45) is 1.54. The van der Waals surface area contributed by atoms with Crippen LogP contribution in [-0.2, 0) is 9.59 Å². The van der Waals surface area contributed by atoms with Gasteiger partial charge < -0.3 is 10.4 Å². The van der Waals surface area contributed by atoms with Gasteiger partial charge in [0.2, 0.25) is 5.91 Å². The number of thiophene rings is 1. The Morgan fingerprint density at radius 3 is 2.62 bits per heavy atom. The van der Waals surface area contributed by atoms with Crippen molar-refractivity contribution in [3.05, 3.63) is 16.0 Å². The van der Waals surface area contributed by atoms with E-state index in [-0.39, 0.29) is 18.4 Å². The fraction of sp³-hybridized carbons (Fsp3) is 0.600. The molecule has 1 fully saturated rings. The highest BCUT2D eigenvalue weighted by atomic mass is 32.1. The number of hydrogen-bond acceptors (Lipinski definition) is 4. The molecule has 0 bridgehead atoms. The van der Waals surface area contributed by atoms with E-state index in [4.69, 9.17) is 5.11 Å². The molecule has 0 radical (unpaired) electrons. The van der Waals surface area contributed by atoms with Crippen molar-refractivity contribution in [3.8, 4) is 0 Å². The molecule has 1 amide bonds. The first-order chi connectivity index (χ1) is 9.88. The summed E-state index contributed by atoms with van der Waals surface area (Å²) in [6, 6.07) is 0. The third-order valence-electron chi connectivity index (χ3n) is 4.16. The minimum atomic E-state index is -0.763. The van der Waals surface area contributed by atoms with Crippen molar-refractivity contribution in [2.45, 2.75) is 33.6 Å². The van der Waals surface area contributed by atoms with Crippen LogP contribution in [0.25, 0.3) is 0 Å². The maximum Gasteiger partial charge on any atom is 0.307 e. The second-order valence-electron chi connectivity index (χ2n) is 5.70. The Bertz CT molecular complexity index is 553. The van der Waals surface area contributed by atoms with E-state index in [2.05, 4.69) is 12.2 Å². The van der Waals surface area contributed by atoms with Crippen LogP contribution in [0.15, 0.2) is 0 Å². The molecule has 1 aliphatic heterocycles. The fourth-order valence-electron chi connectivity index (χ4n) is 2.63. The summed E-state index contributed by atoms with van der Waals surface area (Å²) in [6.45, 7) is 7.63. The number of nitrogens with zero attached hydrogens (tertiary/aromatic N) is 1. The van der Waals surface area contributed by atoms with E-state index in [1.54, 1.807) is 11.3 Å². The van der Waals surface area contributed by atoms with Gasteiger partial charge in [-0.15, -0.1) is 11.3 Å². The van der Waals surface area contributed by atoms with E-state index in [0.717, 1.165) is 23.5 Å². The highest BCUT2D eigenvalue weighted by Gasteiger charge is 2.26. The number of rotatable bonds is 4. The fourth-order valence-corrected chi connectivity index (χ4v) is 3.71. The number of aliphatic carboxylic acids is 1. The van der Waals surface area contributed by atoms with E-state index in [0.29, 0.717) is 13.0 Å². The molecule has 1 aromatic heterocycles. The Morgan fingerprint density at radius 1 is 1.33 bits per heavy atom. The molecule has 0 aromatic carbocycles. The van der Waals surface area contributed by atoms with Gasteiger partial charge in [0.15, 0.2) is 0 Å². The second-order valence-corrected chi connectivity index (χ2v) is 6.92. The van der Waals surface area contributed by atoms with Gasteiger partial charge in [-0.25, -0.2) is 0 Å². The standard InChI is InChI=1S/C15H22N2O3S/c1-9-10(2)14(21-11(9)3)16-13(18)8-17-6-4-5-12(7-17)15(19)20/h12H,4-8H2,1-3H3,(H,16,18)(H,19,20). The molecule has 1 aromatic rings. The molecular formula is C15H22N2O3S. The molecule has 5 nitrogen and oxygen atoms in total. The van der Waals surface area contributed by atoms with Crippen molar-refractivity contribution < 1.29 is 14.7 Å². The number of anilines is 1. The number of carbonyl (C=O) groups is 2. The molecule has 21 heavy (non-hydrogen) atoms. The van der Waals surface area contributed by atoms with Crippen molar-refractivity contribution >= 4 is 28.2 Å². The quantitative estimate of drug-likeness (QED) is 0.896. The third kappa shape index (κ3) is 3.83. The first-order valence-corrected chi connectivity index (χ1v) is 8.01. The molecule has 0 spiro atoms. The molecule has 6 heteroatoms. The third-order valence-corrected chi connectivity index (χ3v) is 5.39. The van der Waals surface area contributed by atoms with Gasteiger partial charge in [0, 0.05) is 11.4 Å². The van der Waals surface area contributed by atoms with Crippen LogP contribution in [-0.4, -0.2) is 41.5 Å². The second kappa shape index (κ2) is 6.58. The molecule has 0 aliphatic carbocycles. The molecule has 0 saturated carbocycles. The summed E-state index contributed by atoms with van der Waals surface area (Å²) in [5.41, 5.74) is 2.34. The summed E-state index contributed by atoms with van der Waals surface area (Å²) in [7, 11) is 0. The van der Waals surface area contributed by atoms with Crippen LogP contribution in [0.1, 0.15) is 28.8 Å². The monoisotopic (exact) mass is 310 g/mol.